The van der Waals surface area contributed by atoms with Crippen LogP contribution in [-0.4, -0.2) is 18.2 Å². The van der Waals surface area contributed by atoms with Crippen molar-refractivity contribution in [2.75, 3.05) is 7.11 Å². The molecular weight excluding hydrogens is 268 g/mol. The third-order valence-electron chi connectivity index (χ3n) is 2.33. The zero-order valence-corrected chi connectivity index (χ0v) is 11.4. The number of hydrogen-bond acceptors (Lipinski definition) is 4. The molecule has 18 heavy (non-hydrogen) atoms. The summed E-state index contributed by atoms with van der Waals surface area (Å²) in [5.41, 5.74) is 1.16. The van der Waals surface area contributed by atoms with E-state index in [1.165, 1.54) is 11.3 Å². The molecule has 0 amide bonds. The molecule has 1 N–H and O–H groups in total. The Morgan fingerprint density at radius 3 is 2.94 bits per heavy atom. The topological polar surface area (TPSA) is 46.5 Å². The highest BCUT2D eigenvalue weighted by Crippen LogP contribution is 2.28. The van der Waals surface area contributed by atoms with Crippen molar-refractivity contribution in [3.63, 3.8) is 0 Å². The standard InChI is InChI=1S/C13H12O3S2/c1-16-10-4-2-3-9(5-10)7-17-11-6-12(13(14)15)18-8-11/h2-6,8H,7H2,1H3,(H,14,15). The summed E-state index contributed by atoms with van der Waals surface area (Å²) in [6, 6.07) is 9.57. The minimum absolute atomic E-state index is 0.378. The highest BCUT2D eigenvalue weighted by molar-refractivity contribution is 7.98. The number of carboxylic acid groups (broad SMARTS) is 1. The molecule has 0 bridgehead atoms. The van der Waals surface area contributed by atoms with E-state index in [-0.39, 0.29) is 0 Å². The van der Waals surface area contributed by atoms with Gasteiger partial charge in [-0.15, -0.1) is 23.1 Å². The summed E-state index contributed by atoms with van der Waals surface area (Å²) in [4.78, 5) is 12.1. The Morgan fingerprint density at radius 2 is 2.28 bits per heavy atom. The van der Waals surface area contributed by atoms with E-state index in [2.05, 4.69) is 0 Å². The van der Waals surface area contributed by atoms with Crippen LogP contribution in [0, 0.1) is 0 Å². The Kier molecular flexibility index (Phi) is 4.28. The molecule has 5 heteroatoms. The van der Waals surface area contributed by atoms with Crippen LogP contribution in [0.15, 0.2) is 40.6 Å². The van der Waals surface area contributed by atoms with Crippen molar-refractivity contribution in [2.24, 2.45) is 0 Å². The third kappa shape index (κ3) is 3.27. The molecule has 1 aromatic carbocycles. The van der Waals surface area contributed by atoms with E-state index >= 15 is 0 Å². The van der Waals surface area contributed by atoms with Gasteiger partial charge in [0.2, 0.25) is 0 Å². The van der Waals surface area contributed by atoms with Gasteiger partial charge in [0.05, 0.1) is 7.11 Å². The number of rotatable bonds is 5. The van der Waals surface area contributed by atoms with Crippen molar-refractivity contribution in [3.8, 4) is 5.75 Å². The molecule has 1 heterocycles. The Hall–Kier alpha value is -1.46. The average Bonchev–Trinajstić information content (AvgIpc) is 2.85. The Morgan fingerprint density at radius 1 is 1.44 bits per heavy atom. The number of hydrogen-bond donors (Lipinski definition) is 1. The molecule has 0 fully saturated rings. The highest BCUT2D eigenvalue weighted by Gasteiger charge is 2.07. The number of thiophene rings is 1. The van der Waals surface area contributed by atoms with Crippen LogP contribution in [0.1, 0.15) is 15.2 Å². The molecule has 0 aliphatic heterocycles. The number of carboxylic acids is 1. The summed E-state index contributed by atoms with van der Waals surface area (Å²) in [6.45, 7) is 0. The van der Waals surface area contributed by atoms with Crippen molar-refractivity contribution < 1.29 is 14.6 Å². The molecule has 3 nitrogen and oxygen atoms in total. The van der Waals surface area contributed by atoms with Crippen LogP contribution in [0.5, 0.6) is 5.75 Å². The summed E-state index contributed by atoms with van der Waals surface area (Å²) in [5.74, 6) is 0.769. The second-order valence-electron chi connectivity index (χ2n) is 3.59. The number of ether oxygens (including phenoxy) is 1. The minimum Gasteiger partial charge on any atom is -0.497 e. The lowest BCUT2D eigenvalue weighted by atomic mass is 10.2. The molecule has 2 aromatic rings. The molecule has 94 valence electrons. The zero-order valence-electron chi connectivity index (χ0n) is 9.75. The smallest absolute Gasteiger partial charge is 0.345 e. The van der Waals surface area contributed by atoms with Gasteiger partial charge in [-0.2, -0.15) is 0 Å². The fraction of sp³-hybridized carbons (Fsp3) is 0.154. The van der Waals surface area contributed by atoms with E-state index < -0.39 is 5.97 Å². The summed E-state index contributed by atoms with van der Waals surface area (Å²) < 4.78 is 5.16. The minimum atomic E-state index is -0.867. The number of benzene rings is 1. The summed E-state index contributed by atoms with van der Waals surface area (Å²) in [7, 11) is 1.64. The zero-order chi connectivity index (χ0) is 13.0. The molecule has 0 aliphatic rings. The quantitative estimate of drug-likeness (QED) is 0.847. The van der Waals surface area contributed by atoms with E-state index in [1.54, 1.807) is 24.9 Å². The van der Waals surface area contributed by atoms with Gasteiger partial charge in [-0.25, -0.2) is 4.79 Å². The van der Waals surface area contributed by atoms with E-state index in [1.807, 2.05) is 29.6 Å². The molecule has 2 rings (SSSR count). The SMILES string of the molecule is COc1cccc(CSc2csc(C(=O)O)c2)c1. The predicted molar refractivity (Wildman–Crippen MR) is 73.8 cm³/mol. The van der Waals surface area contributed by atoms with Crippen LogP contribution < -0.4 is 4.74 Å². The van der Waals surface area contributed by atoms with E-state index in [4.69, 9.17) is 9.84 Å². The first-order valence-electron chi connectivity index (χ1n) is 5.26. The average molecular weight is 280 g/mol. The molecule has 0 spiro atoms. The number of thioether (sulfide) groups is 1. The predicted octanol–water partition coefficient (Wildman–Crippen LogP) is 3.75. The molecule has 0 atom stereocenters. The fourth-order valence-corrected chi connectivity index (χ4v) is 3.25. The Bertz CT molecular complexity index is 549. The molecule has 0 unspecified atom stereocenters. The van der Waals surface area contributed by atoms with Gasteiger partial charge in [-0.3, -0.25) is 0 Å². The third-order valence-corrected chi connectivity index (χ3v) is 4.44. The lowest BCUT2D eigenvalue weighted by Gasteiger charge is -2.03. The van der Waals surface area contributed by atoms with Gasteiger partial charge >= 0.3 is 5.97 Å². The van der Waals surface area contributed by atoms with Gasteiger partial charge in [0.15, 0.2) is 0 Å². The maximum absolute atomic E-state index is 10.8. The van der Waals surface area contributed by atoms with Crippen LogP contribution >= 0.6 is 23.1 Å². The normalized spacial score (nSPS) is 10.3. The van der Waals surface area contributed by atoms with Crippen molar-refractivity contribution >= 4 is 29.1 Å². The maximum atomic E-state index is 10.8. The molecule has 0 saturated carbocycles. The largest absolute Gasteiger partial charge is 0.497 e. The van der Waals surface area contributed by atoms with Crippen LogP contribution in [0.4, 0.5) is 0 Å². The van der Waals surface area contributed by atoms with Crippen molar-refractivity contribution in [1.29, 1.82) is 0 Å². The van der Waals surface area contributed by atoms with Gasteiger partial charge in [-0.1, -0.05) is 12.1 Å². The molecule has 0 saturated heterocycles. The van der Waals surface area contributed by atoms with Crippen molar-refractivity contribution in [2.45, 2.75) is 10.6 Å². The van der Waals surface area contributed by atoms with Crippen LogP contribution in [0.3, 0.4) is 0 Å². The molecular formula is C13H12O3S2. The van der Waals surface area contributed by atoms with Gasteiger partial charge in [-0.05, 0) is 23.8 Å². The summed E-state index contributed by atoms with van der Waals surface area (Å²) >= 11 is 2.88. The van der Waals surface area contributed by atoms with Gasteiger partial charge < -0.3 is 9.84 Å². The lowest BCUT2D eigenvalue weighted by molar-refractivity contribution is 0.0702. The Balaban J connectivity index is 1.99. The number of aromatic carboxylic acids is 1. The first-order valence-corrected chi connectivity index (χ1v) is 7.13. The van der Waals surface area contributed by atoms with Crippen molar-refractivity contribution in [3.05, 3.63) is 46.2 Å². The summed E-state index contributed by atoms with van der Waals surface area (Å²) in [5, 5.41) is 10.7. The second kappa shape index (κ2) is 5.93. The first-order chi connectivity index (χ1) is 8.69. The number of methoxy groups -OCH3 is 1. The van der Waals surface area contributed by atoms with Crippen LogP contribution in [0.25, 0.3) is 0 Å². The number of carbonyl (C=O) groups is 1. The van der Waals surface area contributed by atoms with E-state index in [9.17, 15) is 4.79 Å². The lowest BCUT2D eigenvalue weighted by Crippen LogP contribution is -1.89. The van der Waals surface area contributed by atoms with E-state index in [0.29, 0.717) is 4.88 Å². The van der Waals surface area contributed by atoms with Crippen LogP contribution in [0.2, 0.25) is 0 Å². The molecule has 0 radical (unpaired) electrons. The molecule has 1 aromatic heterocycles. The monoisotopic (exact) mass is 280 g/mol. The highest BCUT2D eigenvalue weighted by atomic mass is 32.2. The van der Waals surface area contributed by atoms with Gasteiger partial charge in [0, 0.05) is 16.0 Å². The molecule has 0 aliphatic carbocycles. The fourth-order valence-electron chi connectivity index (χ4n) is 1.44. The van der Waals surface area contributed by atoms with E-state index in [0.717, 1.165) is 22.0 Å². The van der Waals surface area contributed by atoms with Crippen LogP contribution in [-0.2, 0) is 5.75 Å². The second-order valence-corrected chi connectivity index (χ2v) is 5.55. The maximum Gasteiger partial charge on any atom is 0.345 e. The van der Waals surface area contributed by atoms with Gasteiger partial charge in [0.25, 0.3) is 0 Å². The summed E-state index contributed by atoms with van der Waals surface area (Å²) in [6.07, 6.45) is 0. The van der Waals surface area contributed by atoms with Crippen molar-refractivity contribution in [1.82, 2.24) is 0 Å². The first kappa shape index (κ1) is 13.0. The van der Waals surface area contributed by atoms with Gasteiger partial charge in [0.1, 0.15) is 10.6 Å². The Labute approximate surface area is 113 Å².